The van der Waals surface area contributed by atoms with Gasteiger partial charge in [-0.3, -0.25) is 4.79 Å². The van der Waals surface area contributed by atoms with Gasteiger partial charge in [0.05, 0.1) is 17.3 Å². The molecule has 0 spiro atoms. The fourth-order valence-corrected chi connectivity index (χ4v) is 4.31. The molecule has 0 bridgehead atoms. The lowest BCUT2D eigenvalue weighted by atomic mass is 9.83. The Hall–Kier alpha value is -1.93. The average Bonchev–Trinajstić information content (AvgIpc) is 2.63. The van der Waals surface area contributed by atoms with Gasteiger partial charge >= 0.3 is 0 Å². The van der Waals surface area contributed by atoms with Crippen molar-refractivity contribution in [3.63, 3.8) is 0 Å². The van der Waals surface area contributed by atoms with Crippen LogP contribution in [0.4, 0.5) is 11.8 Å². The third-order valence-electron chi connectivity index (χ3n) is 5.76. The van der Waals surface area contributed by atoms with Gasteiger partial charge in [0.1, 0.15) is 5.82 Å². The summed E-state index contributed by atoms with van der Waals surface area (Å²) >= 11 is 0. The minimum absolute atomic E-state index is 0.0474. The maximum atomic E-state index is 11.8. The van der Waals surface area contributed by atoms with Crippen molar-refractivity contribution in [2.45, 2.75) is 89.0 Å². The van der Waals surface area contributed by atoms with E-state index in [0.29, 0.717) is 30.3 Å². The quantitative estimate of drug-likeness (QED) is 0.563. The monoisotopic (exact) mass is 391 g/mol. The van der Waals surface area contributed by atoms with E-state index in [1.807, 2.05) is 13.8 Å². The molecule has 8 heteroatoms. The first-order valence-corrected chi connectivity index (χ1v) is 10.4. The minimum atomic E-state index is -0.698. The lowest BCUT2D eigenvalue weighted by Crippen LogP contribution is -2.38. The third kappa shape index (κ3) is 5.54. The fourth-order valence-electron chi connectivity index (χ4n) is 4.31. The predicted octanol–water partition coefficient (Wildman–Crippen LogP) is 2.44. The van der Waals surface area contributed by atoms with E-state index < -0.39 is 11.5 Å². The van der Waals surface area contributed by atoms with E-state index in [4.69, 9.17) is 10.5 Å². The number of carbonyl (C=O) groups excluding carboxylic acids is 1. The van der Waals surface area contributed by atoms with Crippen molar-refractivity contribution in [2.75, 3.05) is 17.2 Å². The second-order valence-corrected chi connectivity index (χ2v) is 8.33. The van der Waals surface area contributed by atoms with Crippen molar-refractivity contribution in [1.29, 1.82) is 0 Å². The van der Waals surface area contributed by atoms with Crippen LogP contribution in [0.25, 0.3) is 0 Å². The van der Waals surface area contributed by atoms with E-state index in [1.54, 1.807) is 0 Å². The Morgan fingerprint density at radius 2 is 2.04 bits per heavy atom. The summed E-state index contributed by atoms with van der Waals surface area (Å²) in [5.74, 6) is 0.375. The topological polar surface area (TPSA) is 122 Å². The van der Waals surface area contributed by atoms with Crippen molar-refractivity contribution < 1.29 is 14.6 Å². The summed E-state index contributed by atoms with van der Waals surface area (Å²) in [7, 11) is 0. The predicted molar refractivity (Wildman–Crippen MR) is 108 cm³/mol. The highest BCUT2D eigenvalue weighted by Crippen LogP contribution is 2.30. The lowest BCUT2D eigenvalue weighted by molar-refractivity contribution is 0.0182. The molecule has 1 heterocycles. The zero-order chi connectivity index (χ0) is 20.1. The number of nitrogens with one attached hydrogen (secondary N) is 2. The Kier molecular flexibility index (Phi) is 6.72. The molecule has 1 aromatic heterocycles. The van der Waals surface area contributed by atoms with Crippen LogP contribution in [0.15, 0.2) is 6.20 Å². The number of aromatic nitrogens is 2. The van der Waals surface area contributed by atoms with Crippen molar-refractivity contribution in [1.82, 2.24) is 9.97 Å². The smallest absolute Gasteiger partial charge is 0.254 e. The Balaban J connectivity index is 1.67. The van der Waals surface area contributed by atoms with E-state index in [9.17, 15) is 9.90 Å². The van der Waals surface area contributed by atoms with Crippen molar-refractivity contribution in [3.05, 3.63) is 11.8 Å². The van der Waals surface area contributed by atoms with Crippen LogP contribution in [-0.4, -0.2) is 51.4 Å². The number of aliphatic hydroxyl groups is 1. The van der Waals surface area contributed by atoms with Gasteiger partial charge in [0.15, 0.2) is 0 Å². The van der Waals surface area contributed by atoms with Gasteiger partial charge in [-0.15, -0.1) is 0 Å². The number of nitrogens with zero attached hydrogens (tertiary/aromatic N) is 2. The number of carbonyl (C=O) groups is 1. The van der Waals surface area contributed by atoms with Gasteiger partial charge in [-0.05, 0) is 65.2 Å². The van der Waals surface area contributed by atoms with Crippen LogP contribution in [0, 0.1) is 0 Å². The third-order valence-corrected chi connectivity index (χ3v) is 5.76. The largest absolute Gasteiger partial charge is 0.390 e. The molecule has 28 heavy (non-hydrogen) atoms. The highest BCUT2D eigenvalue weighted by atomic mass is 16.5. The Bertz CT molecular complexity index is 674. The summed E-state index contributed by atoms with van der Waals surface area (Å²) in [6.45, 7) is 4.63. The van der Waals surface area contributed by atoms with Crippen molar-refractivity contribution in [2.24, 2.45) is 5.73 Å². The van der Waals surface area contributed by atoms with E-state index in [-0.39, 0.29) is 11.6 Å². The van der Waals surface area contributed by atoms with E-state index in [0.717, 1.165) is 51.6 Å². The molecule has 1 amide bonds. The summed E-state index contributed by atoms with van der Waals surface area (Å²) in [5.41, 5.74) is 5.08. The first-order valence-electron chi connectivity index (χ1n) is 10.4. The number of hydrogen-bond acceptors (Lipinski definition) is 7. The van der Waals surface area contributed by atoms with Crippen LogP contribution in [0.3, 0.4) is 0 Å². The Morgan fingerprint density at radius 3 is 2.68 bits per heavy atom. The molecule has 2 aliphatic rings. The maximum absolute atomic E-state index is 11.8. The molecule has 156 valence electrons. The van der Waals surface area contributed by atoms with Gasteiger partial charge in [-0.1, -0.05) is 0 Å². The molecule has 2 atom stereocenters. The van der Waals surface area contributed by atoms with Crippen LogP contribution in [0.5, 0.6) is 0 Å². The zero-order valence-corrected chi connectivity index (χ0v) is 16.9. The van der Waals surface area contributed by atoms with Crippen LogP contribution >= 0.6 is 0 Å². The van der Waals surface area contributed by atoms with E-state index in [1.165, 1.54) is 6.20 Å². The summed E-state index contributed by atoms with van der Waals surface area (Å²) in [6.07, 6.45) is 9.11. The van der Waals surface area contributed by atoms with Gasteiger partial charge in [0.25, 0.3) is 5.91 Å². The minimum Gasteiger partial charge on any atom is -0.390 e. The van der Waals surface area contributed by atoms with Gasteiger partial charge < -0.3 is 26.2 Å². The van der Waals surface area contributed by atoms with Gasteiger partial charge in [0.2, 0.25) is 5.95 Å². The average molecular weight is 392 g/mol. The molecule has 0 radical (unpaired) electrons. The summed E-state index contributed by atoms with van der Waals surface area (Å²) in [5, 5.41) is 17.0. The van der Waals surface area contributed by atoms with Crippen LogP contribution < -0.4 is 16.4 Å². The number of rotatable bonds is 7. The molecule has 0 aliphatic heterocycles. The first-order chi connectivity index (χ1) is 13.4. The zero-order valence-electron chi connectivity index (χ0n) is 16.9. The van der Waals surface area contributed by atoms with E-state index >= 15 is 0 Å². The van der Waals surface area contributed by atoms with Crippen LogP contribution in [-0.2, 0) is 4.74 Å². The lowest BCUT2D eigenvalue weighted by Gasteiger charge is -2.34. The number of anilines is 2. The molecule has 2 saturated carbocycles. The summed E-state index contributed by atoms with van der Waals surface area (Å²) in [6, 6.07) is 0.339. The fraction of sp³-hybridized carbons (Fsp3) is 0.750. The number of primary amides is 1. The molecule has 0 aromatic carbocycles. The molecular formula is C20H33N5O3. The number of ether oxygens (including phenoxy) is 1. The molecule has 0 saturated heterocycles. The highest BCUT2D eigenvalue weighted by Gasteiger charge is 2.31. The van der Waals surface area contributed by atoms with Gasteiger partial charge in [-0.25, -0.2) is 4.98 Å². The van der Waals surface area contributed by atoms with Gasteiger partial charge in [-0.2, -0.15) is 4.98 Å². The van der Waals surface area contributed by atoms with Crippen LogP contribution in [0.2, 0.25) is 0 Å². The standard InChI is InChI=1S/C20H33N5O3/c1-3-28-15-8-6-13(7-9-15)24-19-22-12-16(17(21)26)18(25-19)23-14-5-4-10-20(2,27)11-14/h12-15,27H,3-11H2,1-2H3,(H2,21,26)(H2,22,23,24,25)/t13?,14-,15?,20+/m1/s1. The van der Waals surface area contributed by atoms with E-state index in [2.05, 4.69) is 20.6 Å². The SMILES string of the molecule is CCOC1CCC(Nc2ncc(C(N)=O)c(N[C@@H]3CCC[C@](C)(O)C3)n2)CC1. The summed E-state index contributed by atoms with van der Waals surface area (Å²) < 4.78 is 5.70. The molecular weight excluding hydrogens is 358 g/mol. The Morgan fingerprint density at radius 1 is 1.29 bits per heavy atom. The molecule has 8 nitrogen and oxygen atoms in total. The maximum Gasteiger partial charge on any atom is 0.254 e. The second kappa shape index (κ2) is 9.05. The van der Waals surface area contributed by atoms with Crippen molar-refractivity contribution >= 4 is 17.7 Å². The normalized spacial score (nSPS) is 30.6. The Labute approximate surface area is 166 Å². The molecule has 5 N–H and O–H groups in total. The molecule has 3 rings (SSSR count). The molecule has 2 fully saturated rings. The highest BCUT2D eigenvalue weighted by molar-refractivity contribution is 5.97. The molecule has 1 aromatic rings. The second-order valence-electron chi connectivity index (χ2n) is 8.33. The van der Waals surface area contributed by atoms with Crippen LogP contribution in [0.1, 0.15) is 75.6 Å². The van der Waals surface area contributed by atoms with Gasteiger partial charge in [0, 0.05) is 24.9 Å². The molecule has 0 unspecified atom stereocenters. The number of hydrogen-bond donors (Lipinski definition) is 4. The number of amides is 1. The number of nitrogens with two attached hydrogens (primary N) is 1. The molecule has 2 aliphatic carbocycles. The van der Waals surface area contributed by atoms with Crippen molar-refractivity contribution in [3.8, 4) is 0 Å². The first kappa shape index (κ1) is 20.8. The summed E-state index contributed by atoms with van der Waals surface area (Å²) in [4.78, 5) is 20.6.